The minimum atomic E-state index is -3.76. The van der Waals surface area contributed by atoms with E-state index in [1.807, 2.05) is 0 Å². The van der Waals surface area contributed by atoms with Gasteiger partial charge in [-0.1, -0.05) is 6.08 Å². The van der Waals surface area contributed by atoms with Crippen molar-refractivity contribution in [3.05, 3.63) is 36.4 Å². The molecule has 1 fully saturated rings. The molecule has 142 valence electrons. The average Bonchev–Trinajstić information content (AvgIpc) is 3.14. The maximum Gasteiger partial charge on any atom is 0.268 e. The van der Waals surface area contributed by atoms with Crippen LogP contribution in [0.15, 0.2) is 30.8 Å². The van der Waals surface area contributed by atoms with Gasteiger partial charge in [0.05, 0.1) is 37.3 Å². The number of aryl methyl sites for hydroxylation is 1. The first-order valence-corrected chi connectivity index (χ1v) is 9.52. The molecule has 26 heavy (non-hydrogen) atoms. The van der Waals surface area contributed by atoms with Crippen LogP contribution in [0, 0.1) is 0 Å². The number of rotatable bonds is 9. The van der Waals surface area contributed by atoms with Crippen LogP contribution >= 0.6 is 0 Å². The molecular weight excluding hydrogens is 364 g/mol. The molecule has 2 N–H and O–H groups in total. The van der Waals surface area contributed by atoms with Gasteiger partial charge in [0.2, 0.25) is 0 Å². The number of imidazole rings is 1. The highest BCUT2D eigenvalue weighted by atomic mass is 32.2. The molecule has 0 aliphatic carbocycles. The number of amides is 1. The molecule has 0 saturated carbocycles. The molecule has 2 atom stereocenters. The van der Waals surface area contributed by atoms with Crippen LogP contribution in [0.25, 0.3) is 0 Å². The van der Waals surface area contributed by atoms with Gasteiger partial charge in [0.1, 0.15) is 17.7 Å². The van der Waals surface area contributed by atoms with Crippen molar-refractivity contribution in [3.63, 3.8) is 0 Å². The molecule has 0 radical (unpaired) electrons. The Balaban J connectivity index is 2.15. The van der Waals surface area contributed by atoms with Crippen molar-refractivity contribution >= 4 is 22.0 Å². The highest BCUT2D eigenvalue weighted by Gasteiger charge is 2.41. The number of nitrogens with zero attached hydrogens (tertiary/aromatic N) is 3. The summed E-state index contributed by atoms with van der Waals surface area (Å²) < 4.78 is 29.5. The smallest absolute Gasteiger partial charge is 0.268 e. The van der Waals surface area contributed by atoms with Crippen molar-refractivity contribution in [1.29, 1.82) is 0 Å². The Morgan fingerprint density at radius 2 is 2.31 bits per heavy atom. The Morgan fingerprint density at radius 1 is 1.58 bits per heavy atom. The highest BCUT2D eigenvalue weighted by Crippen LogP contribution is 2.28. The Morgan fingerprint density at radius 3 is 2.85 bits per heavy atom. The molecule has 0 unspecified atom stereocenters. The van der Waals surface area contributed by atoms with Crippen molar-refractivity contribution in [1.82, 2.24) is 14.6 Å². The van der Waals surface area contributed by atoms with Crippen LogP contribution in [0.3, 0.4) is 0 Å². The molecule has 10 nitrogen and oxygen atoms in total. The third kappa shape index (κ3) is 5.10. The SMILES string of the molecule is C=CCON1C[C@H](OS(C)(=O)=O)C(=C=O)[C@H]1CCn1cnc(C(N)=O)c1. The Labute approximate surface area is 151 Å². The number of carbonyl (C=O) groups excluding carboxylic acids is 2. The lowest BCUT2D eigenvalue weighted by Gasteiger charge is -2.22. The number of primary amides is 1. The van der Waals surface area contributed by atoms with Crippen LogP contribution in [0.2, 0.25) is 0 Å². The van der Waals surface area contributed by atoms with Gasteiger partial charge < -0.3 is 10.3 Å². The molecular formula is C15H20N4O6S. The van der Waals surface area contributed by atoms with Gasteiger partial charge in [0.15, 0.2) is 0 Å². The highest BCUT2D eigenvalue weighted by molar-refractivity contribution is 7.86. The summed E-state index contributed by atoms with van der Waals surface area (Å²) >= 11 is 0. The quantitative estimate of drug-likeness (QED) is 0.335. The molecule has 0 aromatic carbocycles. The van der Waals surface area contributed by atoms with Gasteiger partial charge in [0.25, 0.3) is 16.0 Å². The van der Waals surface area contributed by atoms with Crippen LogP contribution in [-0.4, -0.2) is 66.4 Å². The van der Waals surface area contributed by atoms with E-state index < -0.39 is 28.2 Å². The van der Waals surface area contributed by atoms with Gasteiger partial charge in [-0.05, 0) is 6.42 Å². The lowest BCUT2D eigenvalue weighted by molar-refractivity contribution is -0.159. The van der Waals surface area contributed by atoms with E-state index in [0.717, 1.165) is 6.26 Å². The van der Waals surface area contributed by atoms with E-state index in [0.29, 0.717) is 13.0 Å². The van der Waals surface area contributed by atoms with Crippen LogP contribution in [-0.2, 0) is 30.5 Å². The number of hydrogen-bond acceptors (Lipinski definition) is 8. The molecule has 1 aromatic rings. The fourth-order valence-electron chi connectivity index (χ4n) is 2.66. The maximum atomic E-state index is 11.4. The second kappa shape index (κ2) is 8.39. The molecule has 1 amide bonds. The van der Waals surface area contributed by atoms with Gasteiger partial charge in [-0.3, -0.25) is 13.8 Å². The zero-order valence-corrected chi connectivity index (χ0v) is 15.0. The van der Waals surface area contributed by atoms with Crippen molar-refractivity contribution < 1.29 is 27.0 Å². The average molecular weight is 384 g/mol. The van der Waals surface area contributed by atoms with Crippen molar-refractivity contribution in [2.24, 2.45) is 5.73 Å². The summed E-state index contributed by atoms with van der Waals surface area (Å²) in [5, 5.41) is 1.48. The van der Waals surface area contributed by atoms with Gasteiger partial charge >= 0.3 is 0 Å². The Hall–Kier alpha value is -2.30. The number of hydrogen-bond donors (Lipinski definition) is 1. The zero-order valence-electron chi connectivity index (χ0n) is 14.2. The summed E-state index contributed by atoms with van der Waals surface area (Å²) in [6, 6.07) is -0.543. The van der Waals surface area contributed by atoms with Crippen LogP contribution in [0.5, 0.6) is 0 Å². The largest absolute Gasteiger partial charge is 0.364 e. The molecule has 2 heterocycles. The Kier molecular flexibility index (Phi) is 6.46. The number of nitrogens with two attached hydrogens (primary N) is 1. The minimum absolute atomic E-state index is 0.0621. The summed E-state index contributed by atoms with van der Waals surface area (Å²) in [5.74, 6) is 1.14. The van der Waals surface area contributed by atoms with Crippen LogP contribution in [0.1, 0.15) is 16.9 Å². The topological polar surface area (TPSA) is 134 Å². The normalized spacial score (nSPS) is 20.9. The number of aromatic nitrogens is 2. The molecule has 2 rings (SSSR count). The summed E-state index contributed by atoms with van der Waals surface area (Å²) in [6.07, 6.45) is 4.77. The third-order valence-electron chi connectivity index (χ3n) is 3.71. The Bertz CT molecular complexity index is 827. The first-order chi connectivity index (χ1) is 12.2. The molecule has 11 heteroatoms. The first kappa shape index (κ1) is 20.0. The van der Waals surface area contributed by atoms with E-state index in [2.05, 4.69) is 11.6 Å². The van der Waals surface area contributed by atoms with Crippen LogP contribution < -0.4 is 5.73 Å². The van der Waals surface area contributed by atoms with Crippen molar-refractivity contribution in [3.8, 4) is 0 Å². The molecule has 1 saturated heterocycles. The summed E-state index contributed by atoms with van der Waals surface area (Å²) in [5.41, 5.74) is 5.44. The lowest BCUT2D eigenvalue weighted by atomic mass is 10.1. The summed E-state index contributed by atoms with van der Waals surface area (Å²) in [4.78, 5) is 31.9. The van der Waals surface area contributed by atoms with Gasteiger partial charge in [0, 0.05) is 12.7 Å². The van der Waals surface area contributed by atoms with Gasteiger partial charge in [-0.2, -0.15) is 13.5 Å². The molecule has 0 bridgehead atoms. The summed E-state index contributed by atoms with van der Waals surface area (Å²) in [7, 11) is -3.76. The van der Waals surface area contributed by atoms with E-state index in [1.165, 1.54) is 23.7 Å². The molecule has 0 spiro atoms. The number of hydroxylamine groups is 2. The maximum absolute atomic E-state index is 11.4. The fourth-order valence-corrected chi connectivity index (χ4v) is 3.24. The van der Waals surface area contributed by atoms with Crippen LogP contribution in [0.4, 0.5) is 0 Å². The standard InChI is InChI=1S/C15H20N4O6S/c1-3-6-24-19-8-14(25-26(2,22)23)11(9-20)13(19)4-5-18-7-12(15(16)21)17-10-18/h3,7,10,13-14H,1,4-6,8H2,2H3,(H2,16,21)/t13-,14+/m1/s1. The van der Waals surface area contributed by atoms with Crippen molar-refractivity contribution in [2.75, 3.05) is 19.4 Å². The molecule has 1 aromatic heterocycles. The lowest BCUT2D eigenvalue weighted by Crippen LogP contribution is -2.31. The second-order valence-electron chi connectivity index (χ2n) is 5.70. The predicted octanol–water partition coefficient (Wildman–Crippen LogP) is -0.723. The second-order valence-corrected chi connectivity index (χ2v) is 7.30. The molecule has 1 aliphatic heterocycles. The van der Waals surface area contributed by atoms with E-state index in [4.69, 9.17) is 14.8 Å². The zero-order chi connectivity index (χ0) is 19.3. The fraction of sp³-hybridized carbons (Fsp3) is 0.467. The van der Waals surface area contributed by atoms with Gasteiger partial charge in [-0.25, -0.2) is 9.78 Å². The van der Waals surface area contributed by atoms with Crippen molar-refractivity contribution in [2.45, 2.75) is 25.1 Å². The van der Waals surface area contributed by atoms with Gasteiger partial charge in [-0.15, -0.1) is 6.58 Å². The number of carbonyl (C=O) groups is 1. The third-order valence-corrected chi connectivity index (χ3v) is 4.29. The van der Waals surface area contributed by atoms with E-state index in [1.54, 1.807) is 10.5 Å². The summed E-state index contributed by atoms with van der Waals surface area (Å²) in [6.45, 7) is 4.19. The molecule has 1 aliphatic rings. The minimum Gasteiger partial charge on any atom is -0.364 e. The monoisotopic (exact) mass is 384 g/mol. The van der Waals surface area contributed by atoms with E-state index in [-0.39, 0.29) is 24.4 Å². The first-order valence-electron chi connectivity index (χ1n) is 7.70. The van der Waals surface area contributed by atoms with E-state index >= 15 is 0 Å². The van der Waals surface area contributed by atoms with E-state index in [9.17, 15) is 18.0 Å². The predicted molar refractivity (Wildman–Crippen MR) is 90.9 cm³/mol.